The van der Waals surface area contributed by atoms with Gasteiger partial charge in [0.2, 0.25) is 0 Å². The van der Waals surface area contributed by atoms with E-state index in [0.717, 1.165) is 0 Å². The summed E-state index contributed by atoms with van der Waals surface area (Å²) in [6.45, 7) is 0.325. The van der Waals surface area contributed by atoms with Gasteiger partial charge in [-0.15, -0.1) is 10.2 Å². The van der Waals surface area contributed by atoms with Crippen molar-refractivity contribution in [2.75, 3.05) is 11.9 Å². The Hall–Kier alpha value is -3.80. The summed E-state index contributed by atoms with van der Waals surface area (Å²) in [5.41, 5.74) is 1.42. The molecular formula is C18H15FN6O2. The molecule has 2 heterocycles. The summed E-state index contributed by atoms with van der Waals surface area (Å²) in [6, 6.07) is 9.22. The normalized spacial score (nSPS) is 10.4. The number of aryl methyl sites for hydroxylation is 1. The fourth-order valence-electron chi connectivity index (χ4n) is 2.61. The summed E-state index contributed by atoms with van der Waals surface area (Å²) >= 11 is 0. The van der Waals surface area contributed by atoms with Gasteiger partial charge in [0, 0.05) is 19.2 Å². The molecule has 3 aromatic rings. The van der Waals surface area contributed by atoms with Gasteiger partial charge in [0.1, 0.15) is 18.0 Å². The lowest BCUT2D eigenvalue weighted by Crippen LogP contribution is -2.07. The predicted octanol–water partition coefficient (Wildman–Crippen LogP) is 2.71. The number of nitriles is 1. The van der Waals surface area contributed by atoms with Crippen molar-refractivity contribution >= 4 is 11.8 Å². The molecule has 0 spiro atoms. The maximum Gasteiger partial charge on any atom is 0.354 e. The average Bonchev–Trinajstić information content (AvgIpc) is 3.07. The number of benzene rings is 1. The molecule has 0 radical (unpaired) electrons. The third-order valence-electron chi connectivity index (χ3n) is 3.83. The molecule has 136 valence electrons. The smallest absolute Gasteiger partial charge is 0.354 e. The minimum atomic E-state index is -1.19. The summed E-state index contributed by atoms with van der Waals surface area (Å²) in [4.78, 5) is 15.5. The number of rotatable bonds is 6. The number of carboxylic acids is 1. The fourth-order valence-corrected chi connectivity index (χ4v) is 2.61. The van der Waals surface area contributed by atoms with Crippen molar-refractivity contribution in [1.82, 2.24) is 19.7 Å². The van der Waals surface area contributed by atoms with E-state index in [-0.39, 0.29) is 12.1 Å². The van der Waals surface area contributed by atoms with Crippen molar-refractivity contribution in [3.63, 3.8) is 0 Å². The van der Waals surface area contributed by atoms with Gasteiger partial charge in [-0.3, -0.25) is 0 Å². The van der Waals surface area contributed by atoms with Gasteiger partial charge in [0.05, 0.1) is 12.5 Å². The number of nitrogens with one attached hydrogen (secondary N) is 1. The largest absolute Gasteiger partial charge is 0.477 e. The molecule has 0 aliphatic rings. The Labute approximate surface area is 153 Å². The van der Waals surface area contributed by atoms with Gasteiger partial charge in [-0.2, -0.15) is 5.26 Å². The number of halogens is 1. The monoisotopic (exact) mass is 366 g/mol. The highest BCUT2D eigenvalue weighted by atomic mass is 19.1. The molecule has 0 unspecified atom stereocenters. The number of nitrogens with zero attached hydrogens (tertiary/aromatic N) is 5. The van der Waals surface area contributed by atoms with Gasteiger partial charge < -0.3 is 15.0 Å². The van der Waals surface area contributed by atoms with E-state index in [0.29, 0.717) is 34.9 Å². The van der Waals surface area contributed by atoms with E-state index in [1.54, 1.807) is 23.7 Å². The molecular weight excluding hydrogens is 351 g/mol. The second-order valence-electron chi connectivity index (χ2n) is 5.72. The summed E-state index contributed by atoms with van der Waals surface area (Å²) in [7, 11) is 1.73. The topological polar surface area (TPSA) is 117 Å². The third-order valence-corrected chi connectivity index (χ3v) is 3.83. The summed E-state index contributed by atoms with van der Waals surface area (Å²) in [6.07, 6.45) is 1.74. The molecule has 2 aromatic heterocycles. The van der Waals surface area contributed by atoms with E-state index in [1.807, 2.05) is 6.07 Å². The number of aromatic carboxylic acids is 1. The average molecular weight is 366 g/mol. The van der Waals surface area contributed by atoms with Crippen LogP contribution < -0.4 is 5.32 Å². The SMILES string of the molecule is Cn1cnnc1-c1cc(F)ccc1-c1cc(NCCC#N)nc(C(=O)O)c1. The second kappa shape index (κ2) is 7.61. The quantitative estimate of drug-likeness (QED) is 0.644. The molecule has 3 rings (SSSR count). The molecule has 1 aromatic carbocycles. The van der Waals surface area contributed by atoms with Gasteiger partial charge in [-0.1, -0.05) is 6.07 Å². The minimum Gasteiger partial charge on any atom is -0.477 e. The number of hydrogen-bond acceptors (Lipinski definition) is 6. The van der Waals surface area contributed by atoms with Gasteiger partial charge >= 0.3 is 5.97 Å². The number of carbonyl (C=O) groups is 1. The molecule has 0 saturated heterocycles. The Balaban J connectivity index is 2.14. The number of carboxylic acid groups (broad SMARTS) is 1. The van der Waals surface area contributed by atoms with Gasteiger partial charge in [-0.05, 0) is 35.4 Å². The highest BCUT2D eigenvalue weighted by Gasteiger charge is 2.16. The van der Waals surface area contributed by atoms with Crippen LogP contribution in [-0.4, -0.2) is 37.4 Å². The van der Waals surface area contributed by atoms with E-state index >= 15 is 0 Å². The zero-order chi connectivity index (χ0) is 19.4. The first kappa shape index (κ1) is 18.0. The van der Waals surface area contributed by atoms with Crippen LogP contribution in [0.4, 0.5) is 10.2 Å². The van der Waals surface area contributed by atoms with Crippen LogP contribution in [0.15, 0.2) is 36.7 Å². The molecule has 0 aliphatic carbocycles. The van der Waals surface area contributed by atoms with E-state index in [2.05, 4.69) is 20.5 Å². The number of pyridine rings is 1. The molecule has 0 aliphatic heterocycles. The van der Waals surface area contributed by atoms with Crippen molar-refractivity contribution in [2.24, 2.45) is 7.05 Å². The van der Waals surface area contributed by atoms with Crippen molar-refractivity contribution in [2.45, 2.75) is 6.42 Å². The highest BCUT2D eigenvalue weighted by molar-refractivity contribution is 5.90. The Bertz CT molecular complexity index is 1040. The van der Waals surface area contributed by atoms with Gasteiger partial charge in [0.15, 0.2) is 11.5 Å². The predicted molar refractivity (Wildman–Crippen MR) is 95.3 cm³/mol. The second-order valence-corrected chi connectivity index (χ2v) is 5.72. The molecule has 8 nitrogen and oxygen atoms in total. The van der Waals surface area contributed by atoms with Crippen LogP contribution >= 0.6 is 0 Å². The zero-order valence-electron chi connectivity index (χ0n) is 14.3. The van der Waals surface area contributed by atoms with E-state index in [4.69, 9.17) is 5.26 Å². The Morgan fingerprint density at radius 1 is 1.33 bits per heavy atom. The summed E-state index contributed by atoms with van der Waals surface area (Å²) in [5, 5.41) is 28.8. The molecule has 0 bridgehead atoms. The number of hydrogen-bond donors (Lipinski definition) is 2. The number of anilines is 1. The molecule has 0 fully saturated rings. The van der Waals surface area contributed by atoms with Gasteiger partial charge in [-0.25, -0.2) is 14.2 Å². The third kappa shape index (κ3) is 3.90. The van der Waals surface area contributed by atoms with Crippen LogP contribution in [0.2, 0.25) is 0 Å². The van der Waals surface area contributed by atoms with Crippen LogP contribution in [0.3, 0.4) is 0 Å². The molecule has 2 N–H and O–H groups in total. The van der Waals surface area contributed by atoms with E-state index in [9.17, 15) is 14.3 Å². The number of aromatic nitrogens is 4. The lowest BCUT2D eigenvalue weighted by atomic mass is 9.98. The lowest BCUT2D eigenvalue weighted by Gasteiger charge is -2.12. The van der Waals surface area contributed by atoms with E-state index in [1.165, 1.54) is 24.5 Å². The Morgan fingerprint density at radius 2 is 2.15 bits per heavy atom. The minimum absolute atomic E-state index is 0.166. The van der Waals surface area contributed by atoms with Crippen LogP contribution in [0.1, 0.15) is 16.9 Å². The Kier molecular flexibility index (Phi) is 5.08. The van der Waals surface area contributed by atoms with E-state index < -0.39 is 11.8 Å². The standard InChI is InChI=1S/C18H15FN6O2/c1-25-10-22-24-17(25)14-9-12(19)3-4-13(14)11-7-15(18(26)27)23-16(8-11)21-6-2-5-20/h3-4,7-10H,2,6H2,1H3,(H,21,23)(H,26,27). The van der Waals surface area contributed by atoms with Crippen molar-refractivity contribution < 1.29 is 14.3 Å². The molecule has 9 heteroatoms. The van der Waals surface area contributed by atoms with Gasteiger partial charge in [0.25, 0.3) is 0 Å². The van der Waals surface area contributed by atoms with Crippen LogP contribution in [-0.2, 0) is 7.05 Å². The van der Waals surface area contributed by atoms with Crippen molar-refractivity contribution in [3.8, 4) is 28.6 Å². The maximum absolute atomic E-state index is 13.9. The first-order chi connectivity index (χ1) is 13.0. The van der Waals surface area contributed by atoms with Crippen LogP contribution in [0.25, 0.3) is 22.5 Å². The van der Waals surface area contributed by atoms with Crippen LogP contribution in [0.5, 0.6) is 0 Å². The van der Waals surface area contributed by atoms with Crippen LogP contribution in [0, 0.1) is 17.1 Å². The Morgan fingerprint density at radius 3 is 2.81 bits per heavy atom. The van der Waals surface area contributed by atoms with Crippen molar-refractivity contribution in [3.05, 3.63) is 48.2 Å². The molecule has 0 saturated carbocycles. The fraction of sp³-hybridized carbons (Fsp3) is 0.167. The highest BCUT2D eigenvalue weighted by Crippen LogP contribution is 2.33. The summed E-state index contributed by atoms with van der Waals surface area (Å²) in [5.74, 6) is -0.885. The molecule has 27 heavy (non-hydrogen) atoms. The lowest BCUT2D eigenvalue weighted by molar-refractivity contribution is 0.0690. The molecule has 0 atom stereocenters. The van der Waals surface area contributed by atoms with Crippen molar-refractivity contribution in [1.29, 1.82) is 5.26 Å². The first-order valence-electron chi connectivity index (χ1n) is 8.00. The molecule has 0 amide bonds. The summed E-state index contributed by atoms with van der Waals surface area (Å²) < 4.78 is 15.5. The zero-order valence-corrected chi connectivity index (χ0v) is 14.3. The first-order valence-corrected chi connectivity index (χ1v) is 8.00. The maximum atomic E-state index is 13.9.